The molecule has 0 aliphatic carbocycles. The zero-order chi connectivity index (χ0) is 9.84. The summed E-state index contributed by atoms with van der Waals surface area (Å²) in [4.78, 5) is 12.8. The third-order valence-corrected chi connectivity index (χ3v) is 3.33. The molecule has 0 bridgehead atoms. The minimum atomic E-state index is -0.230. The molecule has 1 aromatic rings. The van der Waals surface area contributed by atoms with Crippen LogP contribution in [0.2, 0.25) is 0 Å². The van der Waals surface area contributed by atoms with Crippen molar-refractivity contribution in [1.82, 2.24) is 0 Å². The van der Waals surface area contributed by atoms with E-state index in [0.29, 0.717) is 0 Å². The van der Waals surface area contributed by atoms with Crippen LogP contribution in [0, 0.1) is 0 Å². The third-order valence-electron chi connectivity index (χ3n) is 1.52. The SMILES string of the molecule is COC(=O)CN(C)c1cc(Br)cs1. The van der Waals surface area contributed by atoms with Gasteiger partial charge in [-0.05, 0) is 22.0 Å². The van der Waals surface area contributed by atoms with Crippen LogP contribution in [0.4, 0.5) is 5.00 Å². The summed E-state index contributed by atoms with van der Waals surface area (Å²) >= 11 is 4.93. The standard InChI is InChI=1S/C8H10BrNO2S/c1-10(4-8(11)12-2)7-3-6(9)5-13-7/h3,5H,4H2,1-2H3. The van der Waals surface area contributed by atoms with Crippen molar-refractivity contribution in [1.29, 1.82) is 0 Å². The van der Waals surface area contributed by atoms with Crippen molar-refractivity contribution >= 4 is 38.2 Å². The molecule has 0 amide bonds. The zero-order valence-electron chi connectivity index (χ0n) is 7.41. The molecule has 3 nitrogen and oxygen atoms in total. The Kier molecular flexibility index (Phi) is 3.74. The van der Waals surface area contributed by atoms with E-state index in [4.69, 9.17) is 0 Å². The maximum atomic E-state index is 10.9. The highest BCUT2D eigenvalue weighted by molar-refractivity contribution is 9.10. The Hall–Kier alpha value is -0.550. The van der Waals surface area contributed by atoms with Crippen LogP contribution in [0.1, 0.15) is 0 Å². The molecule has 0 N–H and O–H groups in total. The highest BCUT2D eigenvalue weighted by atomic mass is 79.9. The number of hydrogen-bond donors (Lipinski definition) is 0. The van der Waals surface area contributed by atoms with Gasteiger partial charge in [0.05, 0.1) is 12.1 Å². The molecular formula is C8H10BrNO2S. The molecular weight excluding hydrogens is 254 g/mol. The Balaban J connectivity index is 2.58. The topological polar surface area (TPSA) is 29.5 Å². The molecule has 0 saturated heterocycles. The summed E-state index contributed by atoms with van der Waals surface area (Å²) in [6.45, 7) is 0.281. The van der Waals surface area contributed by atoms with Gasteiger partial charge in [0.1, 0.15) is 6.54 Å². The molecule has 0 saturated carbocycles. The van der Waals surface area contributed by atoms with E-state index >= 15 is 0 Å². The van der Waals surface area contributed by atoms with Crippen molar-refractivity contribution in [3.8, 4) is 0 Å². The molecule has 0 spiro atoms. The van der Waals surface area contributed by atoms with Gasteiger partial charge < -0.3 is 9.64 Å². The summed E-state index contributed by atoms with van der Waals surface area (Å²) in [6.07, 6.45) is 0. The van der Waals surface area contributed by atoms with Crippen molar-refractivity contribution in [3.05, 3.63) is 15.9 Å². The van der Waals surface area contributed by atoms with Crippen LogP contribution in [0.5, 0.6) is 0 Å². The van der Waals surface area contributed by atoms with Crippen LogP contribution < -0.4 is 4.90 Å². The lowest BCUT2D eigenvalue weighted by Gasteiger charge is -2.14. The van der Waals surface area contributed by atoms with Crippen LogP contribution in [0.15, 0.2) is 15.9 Å². The monoisotopic (exact) mass is 263 g/mol. The number of anilines is 1. The predicted molar refractivity (Wildman–Crippen MR) is 57.3 cm³/mol. The molecule has 1 aromatic heterocycles. The number of ether oxygens (including phenoxy) is 1. The molecule has 0 aliphatic heterocycles. The summed E-state index contributed by atoms with van der Waals surface area (Å²) in [5.74, 6) is -0.230. The minimum Gasteiger partial charge on any atom is -0.468 e. The fraction of sp³-hybridized carbons (Fsp3) is 0.375. The molecule has 72 valence electrons. The van der Waals surface area contributed by atoms with E-state index in [1.54, 1.807) is 11.3 Å². The molecule has 0 fully saturated rings. The van der Waals surface area contributed by atoms with Crippen LogP contribution in [0.25, 0.3) is 0 Å². The number of likely N-dealkylation sites (N-methyl/N-ethyl adjacent to an activating group) is 1. The number of hydrogen-bond acceptors (Lipinski definition) is 4. The molecule has 0 radical (unpaired) electrons. The van der Waals surface area contributed by atoms with Gasteiger partial charge in [-0.1, -0.05) is 0 Å². The molecule has 1 heterocycles. The van der Waals surface area contributed by atoms with E-state index in [1.165, 1.54) is 7.11 Å². The summed E-state index contributed by atoms with van der Waals surface area (Å²) in [7, 11) is 3.25. The van der Waals surface area contributed by atoms with E-state index in [9.17, 15) is 4.79 Å². The second kappa shape index (κ2) is 4.62. The molecule has 13 heavy (non-hydrogen) atoms. The number of thiophene rings is 1. The number of nitrogens with zero attached hydrogens (tertiary/aromatic N) is 1. The first-order chi connectivity index (χ1) is 6.13. The lowest BCUT2D eigenvalue weighted by molar-refractivity contribution is -0.138. The van der Waals surface area contributed by atoms with E-state index in [0.717, 1.165) is 9.47 Å². The van der Waals surface area contributed by atoms with E-state index < -0.39 is 0 Å². The molecule has 0 aliphatic rings. The van der Waals surface area contributed by atoms with Crippen LogP contribution in [0.3, 0.4) is 0 Å². The van der Waals surface area contributed by atoms with Crippen LogP contribution >= 0.6 is 27.3 Å². The first-order valence-electron chi connectivity index (χ1n) is 3.65. The quantitative estimate of drug-likeness (QED) is 0.783. The van der Waals surface area contributed by atoms with E-state index in [-0.39, 0.29) is 12.5 Å². The predicted octanol–water partition coefficient (Wildman–Crippen LogP) is 2.12. The number of rotatable bonds is 3. The number of methoxy groups -OCH3 is 1. The van der Waals surface area contributed by atoms with Crippen molar-refractivity contribution in [2.75, 3.05) is 25.6 Å². The van der Waals surface area contributed by atoms with Gasteiger partial charge in [-0.15, -0.1) is 11.3 Å². The highest BCUT2D eigenvalue weighted by Gasteiger charge is 2.08. The smallest absolute Gasteiger partial charge is 0.325 e. The number of halogens is 1. The van der Waals surface area contributed by atoms with Gasteiger partial charge in [-0.3, -0.25) is 4.79 Å². The van der Waals surface area contributed by atoms with Gasteiger partial charge in [0, 0.05) is 16.9 Å². The summed E-state index contributed by atoms with van der Waals surface area (Å²) in [5, 5.41) is 3.01. The van der Waals surface area contributed by atoms with Gasteiger partial charge in [0.15, 0.2) is 0 Å². The summed E-state index contributed by atoms with van der Waals surface area (Å²) in [6, 6.07) is 1.97. The van der Waals surface area contributed by atoms with Gasteiger partial charge in [0.2, 0.25) is 0 Å². The zero-order valence-corrected chi connectivity index (χ0v) is 9.81. The van der Waals surface area contributed by atoms with Gasteiger partial charge in [-0.2, -0.15) is 0 Å². The van der Waals surface area contributed by atoms with Crippen molar-refractivity contribution in [2.45, 2.75) is 0 Å². The maximum Gasteiger partial charge on any atom is 0.325 e. The molecule has 0 aromatic carbocycles. The Morgan fingerprint density at radius 3 is 2.92 bits per heavy atom. The first-order valence-corrected chi connectivity index (χ1v) is 5.32. The van der Waals surface area contributed by atoms with E-state index in [1.807, 2.05) is 23.4 Å². The number of carbonyl (C=O) groups excluding carboxylic acids is 1. The maximum absolute atomic E-state index is 10.9. The van der Waals surface area contributed by atoms with E-state index in [2.05, 4.69) is 20.7 Å². The Bertz CT molecular complexity index is 300. The van der Waals surface area contributed by atoms with Crippen molar-refractivity contribution < 1.29 is 9.53 Å². The van der Waals surface area contributed by atoms with Crippen LogP contribution in [-0.4, -0.2) is 26.7 Å². The normalized spacial score (nSPS) is 9.77. The molecule has 0 atom stereocenters. The lowest BCUT2D eigenvalue weighted by Crippen LogP contribution is -2.25. The average molecular weight is 264 g/mol. The fourth-order valence-corrected chi connectivity index (χ4v) is 2.23. The fourth-order valence-electron chi connectivity index (χ4n) is 0.839. The van der Waals surface area contributed by atoms with Gasteiger partial charge in [-0.25, -0.2) is 0 Å². The second-order valence-electron chi connectivity index (χ2n) is 2.54. The van der Waals surface area contributed by atoms with Crippen LogP contribution in [-0.2, 0) is 9.53 Å². The molecule has 1 rings (SSSR count). The minimum absolute atomic E-state index is 0.230. The van der Waals surface area contributed by atoms with Crippen molar-refractivity contribution in [2.24, 2.45) is 0 Å². The molecule has 0 unspecified atom stereocenters. The first kappa shape index (κ1) is 10.5. The Morgan fingerprint density at radius 2 is 2.46 bits per heavy atom. The lowest BCUT2D eigenvalue weighted by atomic mass is 10.5. The second-order valence-corrected chi connectivity index (χ2v) is 4.34. The summed E-state index contributed by atoms with van der Waals surface area (Å²) < 4.78 is 5.59. The van der Waals surface area contributed by atoms with Gasteiger partial charge >= 0.3 is 5.97 Å². The highest BCUT2D eigenvalue weighted by Crippen LogP contribution is 2.26. The third kappa shape index (κ3) is 3.00. The summed E-state index contributed by atoms with van der Waals surface area (Å²) in [5.41, 5.74) is 0. The Morgan fingerprint density at radius 1 is 1.77 bits per heavy atom. The van der Waals surface area contributed by atoms with Gasteiger partial charge in [0.25, 0.3) is 0 Å². The van der Waals surface area contributed by atoms with Crippen molar-refractivity contribution in [3.63, 3.8) is 0 Å². The average Bonchev–Trinajstić information content (AvgIpc) is 2.51. The number of esters is 1. The number of carbonyl (C=O) groups is 1. The largest absolute Gasteiger partial charge is 0.468 e. The Labute approximate surface area is 89.4 Å². The molecule has 5 heteroatoms.